The van der Waals surface area contributed by atoms with Crippen molar-refractivity contribution in [1.82, 2.24) is 4.98 Å². The summed E-state index contributed by atoms with van der Waals surface area (Å²) in [5.41, 5.74) is 8.60. The molecule has 2 aromatic carbocycles. The number of carbonyl (C=O) groups excluding carboxylic acids is 1. The maximum atomic E-state index is 12.8. The predicted molar refractivity (Wildman–Crippen MR) is 181 cm³/mol. The van der Waals surface area contributed by atoms with Crippen LogP contribution in [0.5, 0.6) is 0 Å². The zero-order valence-electron chi connectivity index (χ0n) is 29.4. The van der Waals surface area contributed by atoms with E-state index >= 15 is 0 Å². The number of allylic oxidation sites excluding steroid dienone is 2. The standard InChI is InChI=1S/C20H20N.C19H36O2.Ir/c1-12-6-13(2)9-17(8-12)18-11-16(5)20-15(4)7-14(3)10-19(20)21-18;1-12(2)18(9,13(3)4)16(20)11-17(21)19(10,14(5)6)15(7)8;/h6-8,10-11H,1-5H3;11-15,20H,1-10H3;/q-1;;/b;16-11-;. The van der Waals surface area contributed by atoms with E-state index in [1.54, 1.807) is 0 Å². The molecule has 0 unspecified atom stereocenters. The average Bonchev–Trinajstić information content (AvgIpc) is 2.85. The third-order valence-electron chi connectivity index (χ3n) is 10.0. The van der Waals surface area contributed by atoms with Gasteiger partial charge in [-0.1, -0.05) is 95.2 Å². The number of hydrogen-bond acceptors (Lipinski definition) is 3. The van der Waals surface area contributed by atoms with Crippen molar-refractivity contribution >= 4 is 16.7 Å². The zero-order chi connectivity index (χ0) is 32.3. The van der Waals surface area contributed by atoms with Gasteiger partial charge in [-0.25, -0.2) is 0 Å². The molecule has 3 aromatic rings. The van der Waals surface area contributed by atoms with Gasteiger partial charge in [0.1, 0.15) is 5.76 Å². The SMILES string of the molecule is CC(C)C(C)(C(=O)/C=C(\O)C(C)(C(C)C)C(C)C)C(C)C.Cc1[c-]c(-c2cc(C)c3c(C)cc(C)cc3n2)cc(C)c1.[Ir]. The Morgan fingerprint density at radius 2 is 1.21 bits per heavy atom. The molecular weight excluding hydrogens is 707 g/mol. The van der Waals surface area contributed by atoms with Gasteiger partial charge in [0.05, 0.1) is 5.52 Å². The Balaban J connectivity index is 0.000000420. The molecule has 1 heterocycles. The van der Waals surface area contributed by atoms with Crippen molar-refractivity contribution < 1.29 is 30.0 Å². The average molecular weight is 763 g/mol. The summed E-state index contributed by atoms with van der Waals surface area (Å²) >= 11 is 0. The fourth-order valence-electron chi connectivity index (χ4n) is 6.09. The molecule has 0 amide bonds. The number of nitrogens with zero attached hydrogens (tertiary/aromatic N) is 1. The molecule has 3 nitrogen and oxygen atoms in total. The minimum Gasteiger partial charge on any atom is -0.512 e. The van der Waals surface area contributed by atoms with Crippen molar-refractivity contribution in [1.29, 1.82) is 0 Å². The fraction of sp³-hybridized carbons (Fsp3) is 0.538. The Labute approximate surface area is 276 Å². The molecule has 0 bridgehead atoms. The van der Waals surface area contributed by atoms with E-state index in [-0.39, 0.29) is 60.7 Å². The fourth-order valence-corrected chi connectivity index (χ4v) is 6.09. The molecule has 1 aromatic heterocycles. The van der Waals surface area contributed by atoms with E-state index < -0.39 is 5.41 Å². The summed E-state index contributed by atoms with van der Waals surface area (Å²) in [4.78, 5) is 17.7. The van der Waals surface area contributed by atoms with Crippen LogP contribution < -0.4 is 0 Å². The number of fused-ring (bicyclic) bond motifs is 1. The van der Waals surface area contributed by atoms with Crippen molar-refractivity contribution in [2.45, 2.75) is 104 Å². The second-order valence-corrected chi connectivity index (χ2v) is 14.1. The summed E-state index contributed by atoms with van der Waals surface area (Å²) < 4.78 is 0. The van der Waals surface area contributed by atoms with E-state index in [4.69, 9.17) is 4.98 Å². The van der Waals surface area contributed by atoms with E-state index in [0.29, 0.717) is 0 Å². The molecule has 3 rings (SSSR count). The summed E-state index contributed by atoms with van der Waals surface area (Å²) in [6.45, 7) is 31.4. The van der Waals surface area contributed by atoms with Gasteiger partial charge in [-0.05, 0) is 72.9 Å². The minimum absolute atomic E-state index is 0. The Morgan fingerprint density at radius 3 is 1.67 bits per heavy atom. The smallest absolute Gasteiger partial charge is 0.165 e. The number of benzene rings is 2. The van der Waals surface area contributed by atoms with E-state index in [1.165, 1.54) is 33.7 Å². The van der Waals surface area contributed by atoms with Crippen LogP contribution in [0.3, 0.4) is 0 Å². The number of aryl methyl sites for hydroxylation is 5. The van der Waals surface area contributed by atoms with Crippen LogP contribution in [0.2, 0.25) is 0 Å². The van der Waals surface area contributed by atoms with Gasteiger partial charge in [0.25, 0.3) is 0 Å². The monoisotopic (exact) mass is 763 g/mol. The van der Waals surface area contributed by atoms with Crippen molar-refractivity contribution in [3.05, 3.63) is 76.1 Å². The molecule has 4 heteroatoms. The van der Waals surface area contributed by atoms with Gasteiger partial charge in [0.15, 0.2) is 5.78 Å². The molecule has 0 saturated carbocycles. The van der Waals surface area contributed by atoms with Gasteiger partial charge < -0.3 is 5.11 Å². The maximum absolute atomic E-state index is 12.8. The molecular formula is C39H56IrNO2-. The topological polar surface area (TPSA) is 50.2 Å². The van der Waals surface area contributed by atoms with Crippen LogP contribution in [0.15, 0.2) is 42.2 Å². The number of aliphatic hydroxyl groups is 1. The van der Waals surface area contributed by atoms with Crippen LogP contribution >= 0.6 is 0 Å². The Morgan fingerprint density at radius 1 is 0.744 bits per heavy atom. The van der Waals surface area contributed by atoms with E-state index in [9.17, 15) is 9.90 Å². The van der Waals surface area contributed by atoms with Crippen molar-refractivity contribution in [2.75, 3.05) is 0 Å². The number of rotatable bonds is 8. The van der Waals surface area contributed by atoms with Crippen molar-refractivity contribution in [3.8, 4) is 11.3 Å². The Hall–Kier alpha value is -2.29. The maximum Gasteiger partial charge on any atom is 0.165 e. The number of aliphatic hydroxyl groups excluding tert-OH is 1. The normalized spacial score (nSPS) is 12.6. The molecule has 0 aliphatic carbocycles. The Kier molecular flexibility index (Phi) is 13.6. The van der Waals surface area contributed by atoms with E-state index in [2.05, 4.69) is 126 Å². The summed E-state index contributed by atoms with van der Waals surface area (Å²) in [6, 6.07) is 14.3. The first kappa shape index (κ1) is 38.7. The van der Waals surface area contributed by atoms with E-state index in [0.717, 1.165) is 22.3 Å². The van der Waals surface area contributed by atoms with Gasteiger partial charge >= 0.3 is 0 Å². The van der Waals surface area contributed by atoms with Gasteiger partial charge in [-0.2, -0.15) is 0 Å². The summed E-state index contributed by atoms with van der Waals surface area (Å²) in [7, 11) is 0. The number of aromatic nitrogens is 1. The molecule has 43 heavy (non-hydrogen) atoms. The number of carbonyl (C=O) groups is 1. The Bertz CT molecular complexity index is 1410. The van der Waals surface area contributed by atoms with Crippen LogP contribution in [-0.2, 0) is 24.9 Å². The van der Waals surface area contributed by atoms with Crippen molar-refractivity contribution in [2.24, 2.45) is 34.5 Å². The third kappa shape index (κ3) is 8.46. The molecule has 239 valence electrons. The van der Waals surface area contributed by atoms with Crippen molar-refractivity contribution in [3.63, 3.8) is 0 Å². The first-order valence-corrected chi connectivity index (χ1v) is 15.6. The van der Waals surface area contributed by atoms with Crippen LogP contribution in [0.25, 0.3) is 22.2 Å². The molecule has 1 radical (unpaired) electrons. The molecule has 0 fully saturated rings. The molecule has 0 spiro atoms. The van der Waals surface area contributed by atoms with Gasteiger partial charge in [0.2, 0.25) is 0 Å². The molecule has 0 aliphatic rings. The van der Waals surface area contributed by atoms with E-state index in [1.807, 2.05) is 13.8 Å². The van der Waals surface area contributed by atoms with Crippen LogP contribution in [-0.4, -0.2) is 15.9 Å². The molecule has 0 saturated heterocycles. The second kappa shape index (κ2) is 15.1. The minimum atomic E-state index is -0.442. The van der Waals surface area contributed by atoms with Gasteiger partial charge in [0, 0.05) is 42.4 Å². The summed E-state index contributed by atoms with van der Waals surface area (Å²) in [5.74, 6) is 1.27. The summed E-state index contributed by atoms with van der Waals surface area (Å²) in [5, 5.41) is 11.9. The molecule has 0 atom stereocenters. The van der Waals surface area contributed by atoms with Gasteiger partial charge in [-0.3, -0.25) is 9.78 Å². The predicted octanol–water partition coefficient (Wildman–Crippen LogP) is 10.9. The van der Waals surface area contributed by atoms with Crippen LogP contribution in [0, 0.1) is 75.2 Å². The zero-order valence-corrected chi connectivity index (χ0v) is 31.8. The first-order chi connectivity index (χ1) is 19.3. The number of pyridine rings is 1. The van der Waals surface area contributed by atoms with Crippen LogP contribution in [0.4, 0.5) is 0 Å². The quantitative estimate of drug-likeness (QED) is 0.141. The number of hydrogen-bond donors (Lipinski definition) is 1. The second-order valence-electron chi connectivity index (χ2n) is 14.1. The first-order valence-electron chi connectivity index (χ1n) is 15.6. The van der Waals surface area contributed by atoms with Crippen LogP contribution in [0.1, 0.15) is 97.1 Å². The largest absolute Gasteiger partial charge is 0.512 e. The molecule has 1 N–H and O–H groups in total. The van der Waals surface area contributed by atoms with Gasteiger partial charge in [-0.15, -0.1) is 34.9 Å². The summed E-state index contributed by atoms with van der Waals surface area (Å²) in [6.07, 6.45) is 1.50. The number of ketones is 1. The third-order valence-corrected chi connectivity index (χ3v) is 10.0. The molecule has 0 aliphatic heterocycles.